The zero-order valence-electron chi connectivity index (χ0n) is 8.82. The Morgan fingerprint density at radius 3 is 2.50 bits per heavy atom. The number of hydrogen-bond donors (Lipinski definition) is 1. The van der Waals surface area contributed by atoms with E-state index in [2.05, 4.69) is 4.90 Å². The molecule has 1 heterocycles. The zero-order valence-corrected chi connectivity index (χ0v) is 8.82. The van der Waals surface area contributed by atoms with Gasteiger partial charge in [0.05, 0.1) is 12.2 Å². The fraction of sp³-hybridized carbons (Fsp3) is 1.00. The predicted molar refractivity (Wildman–Crippen MR) is 55.3 cm³/mol. The van der Waals surface area contributed by atoms with Crippen molar-refractivity contribution < 1.29 is 9.84 Å². The quantitative estimate of drug-likeness (QED) is 0.671. The van der Waals surface area contributed by atoms with Crippen LogP contribution in [0.25, 0.3) is 0 Å². The van der Waals surface area contributed by atoms with Gasteiger partial charge >= 0.3 is 0 Å². The molecule has 1 N–H and O–H groups in total. The highest BCUT2D eigenvalue weighted by Gasteiger charge is 2.22. The Morgan fingerprint density at radius 2 is 1.86 bits per heavy atom. The van der Waals surface area contributed by atoms with Crippen molar-refractivity contribution in [2.45, 2.75) is 44.3 Å². The fourth-order valence-electron chi connectivity index (χ4n) is 1.92. The minimum atomic E-state index is -0.0473. The first-order chi connectivity index (χ1) is 6.84. The molecule has 0 spiro atoms. The number of likely N-dealkylation sites (tertiary alicyclic amines) is 1. The lowest BCUT2D eigenvalue weighted by molar-refractivity contribution is 0.0695. The SMILES string of the molecule is OC1CCN(CCCOC2CC2)CC1. The fourth-order valence-corrected chi connectivity index (χ4v) is 1.92. The van der Waals surface area contributed by atoms with Crippen LogP contribution in [0.15, 0.2) is 0 Å². The summed E-state index contributed by atoms with van der Waals surface area (Å²) in [5, 5.41) is 9.33. The summed E-state index contributed by atoms with van der Waals surface area (Å²) in [4.78, 5) is 2.43. The van der Waals surface area contributed by atoms with Gasteiger partial charge in [-0.2, -0.15) is 0 Å². The molecule has 1 saturated heterocycles. The van der Waals surface area contributed by atoms with Gasteiger partial charge in [0.15, 0.2) is 0 Å². The van der Waals surface area contributed by atoms with Crippen molar-refractivity contribution in [3.8, 4) is 0 Å². The Labute approximate surface area is 86.0 Å². The van der Waals surface area contributed by atoms with Crippen LogP contribution in [0.5, 0.6) is 0 Å². The molecule has 0 aromatic rings. The Morgan fingerprint density at radius 1 is 1.14 bits per heavy atom. The number of aliphatic hydroxyl groups is 1. The third kappa shape index (κ3) is 3.56. The number of ether oxygens (including phenoxy) is 1. The third-order valence-electron chi connectivity index (χ3n) is 3.05. The van der Waals surface area contributed by atoms with Crippen LogP contribution in [0.4, 0.5) is 0 Å². The second-order valence-corrected chi connectivity index (χ2v) is 4.50. The molecule has 0 radical (unpaired) electrons. The summed E-state index contributed by atoms with van der Waals surface area (Å²) >= 11 is 0. The van der Waals surface area contributed by atoms with Crippen LogP contribution in [0.3, 0.4) is 0 Å². The van der Waals surface area contributed by atoms with Gasteiger partial charge in [-0.05, 0) is 32.1 Å². The molecule has 2 rings (SSSR count). The molecule has 1 aliphatic carbocycles. The van der Waals surface area contributed by atoms with Crippen LogP contribution < -0.4 is 0 Å². The second kappa shape index (κ2) is 5.10. The maximum atomic E-state index is 9.33. The molecule has 0 amide bonds. The average Bonchev–Trinajstić information content (AvgIpc) is 2.99. The number of hydrogen-bond acceptors (Lipinski definition) is 3. The highest BCUT2D eigenvalue weighted by molar-refractivity contribution is 4.74. The second-order valence-electron chi connectivity index (χ2n) is 4.50. The van der Waals surface area contributed by atoms with Gasteiger partial charge in [0, 0.05) is 26.2 Å². The Bertz CT molecular complexity index is 163. The highest BCUT2D eigenvalue weighted by Crippen LogP contribution is 2.23. The number of piperidine rings is 1. The maximum absolute atomic E-state index is 9.33. The van der Waals surface area contributed by atoms with Crippen LogP contribution in [0.1, 0.15) is 32.1 Å². The smallest absolute Gasteiger partial charge is 0.0577 e. The maximum Gasteiger partial charge on any atom is 0.0577 e. The Kier molecular flexibility index (Phi) is 3.79. The Hall–Kier alpha value is -0.120. The van der Waals surface area contributed by atoms with E-state index in [1.54, 1.807) is 0 Å². The van der Waals surface area contributed by atoms with Crippen LogP contribution in [-0.4, -0.2) is 48.5 Å². The summed E-state index contributed by atoms with van der Waals surface area (Å²) in [6.07, 6.45) is 6.14. The minimum Gasteiger partial charge on any atom is -0.393 e. The molecule has 0 aromatic heterocycles. The molecule has 3 nitrogen and oxygen atoms in total. The van der Waals surface area contributed by atoms with E-state index in [-0.39, 0.29) is 6.10 Å². The van der Waals surface area contributed by atoms with Gasteiger partial charge in [-0.1, -0.05) is 0 Å². The van der Waals surface area contributed by atoms with E-state index < -0.39 is 0 Å². The largest absolute Gasteiger partial charge is 0.393 e. The van der Waals surface area contributed by atoms with Crippen LogP contribution in [0, 0.1) is 0 Å². The van der Waals surface area contributed by atoms with E-state index in [0.717, 1.165) is 45.5 Å². The molecular weight excluding hydrogens is 178 g/mol. The van der Waals surface area contributed by atoms with E-state index >= 15 is 0 Å². The Balaban J connectivity index is 1.47. The lowest BCUT2D eigenvalue weighted by Crippen LogP contribution is -2.36. The standard InChI is InChI=1S/C11H21NO2/c13-10-4-7-12(8-5-10)6-1-9-14-11-2-3-11/h10-11,13H,1-9H2. The molecular formula is C11H21NO2. The topological polar surface area (TPSA) is 32.7 Å². The third-order valence-corrected chi connectivity index (χ3v) is 3.05. The highest BCUT2D eigenvalue weighted by atomic mass is 16.5. The average molecular weight is 199 g/mol. The van der Waals surface area contributed by atoms with Gasteiger partial charge in [-0.25, -0.2) is 0 Å². The van der Waals surface area contributed by atoms with Gasteiger partial charge in [-0.15, -0.1) is 0 Å². The van der Waals surface area contributed by atoms with E-state index in [1.807, 2.05) is 0 Å². The predicted octanol–water partition coefficient (Wildman–Crippen LogP) is 1.01. The monoisotopic (exact) mass is 199 g/mol. The molecule has 0 bridgehead atoms. The van der Waals surface area contributed by atoms with Crippen LogP contribution in [-0.2, 0) is 4.74 Å². The van der Waals surface area contributed by atoms with E-state index in [9.17, 15) is 5.11 Å². The van der Waals surface area contributed by atoms with Crippen molar-refractivity contribution in [2.24, 2.45) is 0 Å². The van der Waals surface area contributed by atoms with E-state index in [0.29, 0.717) is 6.10 Å². The number of rotatable bonds is 5. The lowest BCUT2D eigenvalue weighted by Gasteiger charge is -2.29. The van der Waals surface area contributed by atoms with Gasteiger partial charge in [0.1, 0.15) is 0 Å². The lowest BCUT2D eigenvalue weighted by atomic mass is 10.1. The van der Waals surface area contributed by atoms with E-state index in [4.69, 9.17) is 4.74 Å². The summed E-state index contributed by atoms with van der Waals surface area (Å²) in [7, 11) is 0. The summed E-state index contributed by atoms with van der Waals surface area (Å²) in [6.45, 7) is 4.18. The molecule has 1 aliphatic heterocycles. The molecule has 0 aromatic carbocycles. The minimum absolute atomic E-state index is 0.0473. The summed E-state index contributed by atoms with van der Waals surface area (Å²) in [5.74, 6) is 0. The van der Waals surface area contributed by atoms with Crippen LogP contribution >= 0.6 is 0 Å². The molecule has 2 fully saturated rings. The molecule has 1 saturated carbocycles. The zero-order chi connectivity index (χ0) is 9.80. The number of aliphatic hydroxyl groups excluding tert-OH is 1. The molecule has 82 valence electrons. The summed E-state index contributed by atoms with van der Waals surface area (Å²) in [5.41, 5.74) is 0. The first kappa shape index (κ1) is 10.4. The van der Waals surface area contributed by atoms with Crippen molar-refractivity contribution in [1.82, 2.24) is 4.90 Å². The van der Waals surface area contributed by atoms with Gasteiger partial charge in [0.25, 0.3) is 0 Å². The molecule has 0 unspecified atom stereocenters. The normalized spacial score (nSPS) is 25.5. The van der Waals surface area contributed by atoms with Crippen molar-refractivity contribution in [3.63, 3.8) is 0 Å². The molecule has 2 aliphatic rings. The van der Waals surface area contributed by atoms with Gasteiger partial charge in [-0.3, -0.25) is 0 Å². The van der Waals surface area contributed by atoms with Crippen LogP contribution in [0.2, 0.25) is 0 Å². The van der Waals surface area contributed by atoms with E-state index in [1.165, 1.54) is 12.8 Å². The van der Waals surface area contributed by atoms with Crippen molar-refractivity contribution in [3.05, 3.63) is 0 Å². The van der Waals surface area contributed by atoms with Crippen molar-refractivity contribution in [1.29, 1.82) is 0 Å². The first-order valence-corrected chi connectivity index (χ1v) is 5.86. The molecule has 14 heavy (non-hydrogen) atoms. The van der Waals surface area contributed by atoms with Gasteiger partial charge < -0.3 is 14.7 Å². The van der Waals surface area contributed by atoms with Crippen molar-refractivity contribution >= 4 is 0 Å². The molecule has 0 atom stereocenters. The molecule has 3 heteroatoms. The first-order valence-electron chi connectivity index (χ1n) is 5.86. The summed E-state index contributed by atoms with van der Waals surface area (Å²) < 4.78 is 5.59. The summed E-state index contributed by atoms with van der Waals surface area (Å²) in [6, 6.07) is 0. The number of nitrogens with zero attached hydrogens (tertiary/aromatic N) is 1. The van der Waals surface area contributed by atoms with Crippen molar-refractivity contribution in [2.75, 3.05) is 26.2 Å². The van der Waals surface area contributed by atoms with Gasteiger partial charge in [0.2, 0.25) is 0 Å².